The molecule has 3 rings (SSSR count). The second-order valence-corrected chi connectivity index (χ2v) is 9.48. The number of nitrogens with zero attached hydrogens (tertiary/aromatic N) is 1. The number of hydrogen-bond donors (Lipinski definition) is 1. The highest BCUT2D eigenvalue weighted by Gasteiger charge is 2.33. The molecule has 1 heterocycles. The molecule has 0 aliphatic carbocycles. The molecule has 1 N–H and O–H groups in total. The largest absolute Gasteiger partial charge is 0.323 e. The van der Waals surface area contributed by atoms with Gasteiger partial charge in [-0.1, -0.05) is 33.6 Å². The van der Waals surface area contributed by atoms with Gasteiger partial charge in [-0.3, -0.25) is 4.79 Å². The molecule has 2 aromatic rings. The molecule has 1 amide bonds. The van der Waals surface area contributed by atoms with Gasteiger partial charge in [0.25, 0.3) is 0 Å². The molecule has 5 nitrogen and oxygen atoms in total. The molecule has 0 unspecified atom stereocenters. The molecular weight excluding hydrogens is 435 g/mol. The van der Waals surface area contributed by atoms with Crippen LogP contribution in [0, 0.1) is 18.7 Å². The van der Waals surface area contributed by atoms with Crippen LogP contribution in [0.1, 0.15) is 18.4 Å². The Morgan fingerprint density at radius 3 is 2.59 bits per heavy atom. The Morgan fingerprint density at radius 2 is 1.93 bits per heavy atom. The van der Waals surface area contributed by atoms with Gasteiger partial charge in [0.2, 0.25) is 15.9 Å². The van der Waals surface area contributed by atoms with Gasteiger partial charge >= 0.3 is 0 Å². The number of nitrogens with one attached hydrogen (secondary N) is 1. The van der Waals surface area contributed by atoms with E-state index in [1.54, 1.807) is 30.3 Å². The molecule has 0 saturated carbocycles. The van der Waals surface area contributed by atoms with Crippen LogP contribution in [-0.2, 0) is 14.8 Å². The molecule has 8 heteroatoms. The lowest BCUT2D eigenvalue weighted by molar-refractivity contribution is -0.120. The fourth-order valence-corrected chi connectivity index (χ4v) is 4.92. The first-order chi connectivity index (χ1) is 12.8. The Hall–Kier alpha value is -1.77. The van der Waals surface area contributed by atoms with Gasteiger partial charge in [0, 0.05) is 17.6 Å². The fourth-order valence-electron chi connectivity index (χ4n) is 3.06. The minimum atomic E-state index is -3.66. The third-order valence-corrected chi connectivity index (χ3v) is 6.98. The first kappa shape index (κ1) is 20.0. The van der Waals surface area contributed by atoms with Crippen LogP contribution in [0.25, 0.3) is 0 Å². The van der Waals surface area contributed by atoms with E-state index in [1.807, 2.05) is 6.92 Å². The zero-order chi connectivity index (χ0) is 19.6. The van der Waals surface area contributed by atoms with E-state index in [0.717, 1.165) is 5.56 Å². The van der Waals surface area contributed by atoms with Crippen LogP contribution < -0.4 is 5.32 Å². The predicted molar refractivity (Wildman–Crippen MR) is 105 cm³/mol. The monoisotopic (exact) mass is 454 g/mol. The first-order valence-electron chi connectivity index (χ1n) is 8.60. The van der Waals surface area contributed by atoms with Gasteiger partial charge < -0.3 is 5.32 Å². The lowest BCUT2D eigenvalue weighted by Gasteiger charge is -2.31. The van der Waals surface area contributed by atoms with Crippen molar-refractivity contribution in [3.63, 3.8) is 0 Å². The summed E-state index contributed by atoms with van der Waals surface area (Å²) in [5, 5.41) is 2.57. The highest BCUT2D eigenvalue weighted by Crippen LogP contribution is 2.26. The SMILES string of the molecule is Cc1ccc(S(=O)(=O)N2CCC[C@@H](C(=O)Nc3ccc(Br)cc3F)C2)cc1. The maximum atomic E-state index is 13.9. The summed E-state index contributed by atoms with van der Waals surface area (Å²) in [4.78, 5) is 12.8. The van der Waals surface area contributed by atoms with Crippen LogP contribution in [0.15, 0.2) is 51.8 Å². The number of halogens is 2. The minimum absolute atomic E-state index is 0.0835. The predicted octanol–water partition coefficient (Wildman–Crippen LogP) is 3.94. The Balaban J connectivity index is 1.73. The van der Waals surface area contributed by atoms with E-state index in [9.17, 15) is 17.6 Å². The number of rotatable bonds is 4. The average molecular weight is 455 g/mol. The maximum absolute atomic E-state index is 13.9. The number of benzene rings is 2. The maximum Gasteiger partial charge on any atom is 0.243 e. The topological polar surface area (TPSA) is 66.5 Å². The van der Waals surface area contributed by atoms with Gasteiger partial charge in [-0.05, 0) is 50.1 Å². The number of carbonyl (C=O) groups is 1. The Labute approximate surface area is 166 Å². The second-order valence-electron chi connectivity index (χ2n) is 6.63. The van der Waals surface area contributed by atoms with Crippen LogP contribution in [-0.4, -0.2) is 31.7 Å². The number of carbonyl (C=O) groups excluding carboxylic acids is 1. The van der Waals surface area contributed by atoms with Crippen LogP contribution in [0.5, 0.6) is 0 Å². The molecule has 0 radical (unpaired) electrons. The summed E-state index contributed by atoms with van der Waals surface area (Å²) < 4.78 is 41.5. The van der Waals surface area contributed by atoms with Gasteiger partial charge in [-0.2, -0.15) is 4.31 Å². The van der Waals surface area contributed by atoms with Crippen molar-refractivity contribution >= 4 is 37.5 Å². The zero-order valence-corrected chi connectivity index (χ0v) is 17.2. The van der Waals surface area contributed by atoms with Crippen molar-refractivity contribution in [2.75, 3.05) is 18.4 Å². The highest BCUT2D eigenvalue weighted by atomic mass is 79.9. The molecule has 1 aliphatic rings. The highest BCUT2D eigenvalue weighted by molar-refractivity contribution is 9.10. The van der Waals surface area contributed by atoms with E-state index < -0.39 is 21.8 Å². The third-order valence-electron chi connectivity index (χ3n) is 4.60. The summed E-state index contributed by atoms with van der Waals surface area (Å²) in [5.74, 6) is -1.44. The molecule has 0 aromatic heterocycles. The molecule has 2 aromatic carbocycles. The van der Waals surface area contributed by atoms with Crippen molar-refractivity contribution in [1.29, 1.82) is 0 Å². The van der Waals surface area contributed by atoms with Crippen molar-refractivity contribution in [3.05, 3.63) is 58.3 Å². The van der Waals surface area contributed by atoms with Crippen molar-refractivity contribution in [3.8, 4) is 0 Å². The molecule has 27 heavy (non-hydrogen) atoms. The number of piperidine rings is 1. The van der Waals surface area contributed by atoms with E-state index in [2.05, 4.69) is 21.2 Å². The third kappa shape index (κ3) is 4.56. The van der Waals surface area contributed by atoms with Gasteiger partial charge in [-0.15, -0.1) is 0 Å². The lowest BCUT2D eigenvalue weighted by atomic mass is 9.98. The molecule has 1 atom stereocenters. The van der Waals surface area contributed by atoms with Crippen LogP contribution in [0.2, 0.25) is 0 Å². The van der Waals surface area contributed by atoms with Crippen LogP contribution in [0.3, 0.4) is 0 Å². The van der Waals surface area contributed by atoms with E-state index in [1.165, 1.54) is 16.4 Å². The summed E-state index contributed by atoms with van der Waals surface area (Å²) in [6, 6.07) is 11.0. The number of amides is 1. The number of sulfonamides is 1. The normalized spacial score (nSPS) is 18.3. The van der Waals surface area contributed by atoms with Gasteiger partial charge in [0.1, 0.15) is 5.82 Å². The Morgan fingerprint density at radius 1 is 1.22 bits per heavy atom. The van der Waals surface area contributed by atoms with E-state index in [-0.39, 0.29) is 23.0 Å². The van der Waals surface area contributed by atoms with Gasteiger partial charge in [0.05, 0.1) is 16.5 Å². The number of anilines is 1. The van der Waals surface area contributed by atoms with Crippen molar-refractivity contribution in [1.82, 2.24) is 4.31 Å². The summed E-state index contributed by atoms with van der Waals surface area (Å²) in [5.41, 5.74) is 1.06. The Kier molecular flexibility index (Phi) is 5.98. The molecular formula is C19H20BrFN2O3S. The molecule has 1 aliphatic heterocycles. The second kappa shape index (κ2) is 8.08. The molecule has 1 saturated heterocycles. The standard InChI is InChI=1S/C19H20BrFN2O3S/c1-13-4-7-16(8-5-13)27(25,26)23-10-2-3-14(12-23)19(24)22-18-9-6-15(20)11-17(18)21/h4-9,11,14H,2-3,10,12H2,1H3,(H,22,24)/t14-/m1/s1. The van der Waals surface area contributed by atoms with E-state index in [0.29, 0.717) is 23.9 Å². The summed E-state index contributed by atoms with van der Waals surface area (Å²) in [7, 11) is -3.66. The number of hydrogen-bond acceptors (Lipinski definition) is 3. The summed E-state index contributed by atoms with van der Waals surface area (Å²) >= 11 is 3.17. The molecule has 144 valence electrons. The van der Waals surface area contributed by atoms with Crippen molar-refractivity contribution < 1.29 is 17.6 Å². The van der Waals surface area contributed by atoms with Gasteiger partial charge in [0.15, 0.2) is 0 Å². The van der Waals surface area contributed by atoms with Crippen molar-refractivity contribution in [2.24, 2.45) is 5.92 Å². The first-order valence-corrected chi connectivity index (χ1v) is 10.8. The summed E-state index contributed by atoms with van der Waals surface area (Å²) in [6.07, 6.45) is 1.13. The van der Waals surface area contributed by atoms with E-state index >= 15 is 0 Å². The van der Waals surface area contributed by atoms with Crippen LogP contribution in [0.4, 0.5) is 10.1 Å². The zero-order valence-electron chi connectivity index (χ0n) is 14.8. The van der Waals surface area contributed by atoms with Gasteiger partial charge in [-0.25, -0.2) is 12.8 Å². The molecule has 1 fully saturated rings. The fraction of sp³-hybridized carbons (Fsp3) is 0.316. The smallest absolute Gasteiger partial charge is 0.243 e. The quantitative estimate of drug-likeness (QED) is 0.760. The van der Waals surface area contributed by atoms with Crippen molar-refractivity contribution in [2.45, 2.75) is 24.7 Å². The molecule has 0 bridgehead atoms. The average Bonchev–Trinajstić information content (AvgIpc) is 2.64. The number of aryl methyl sites for hydroxylation is 1. The van der Waals surface area contributed by atoms with E-state index in [4.69, 9.17) is 0 Å². The lowest BCUT2D eigenvalue weighted by Crippen LogP contribution is -2.43. The Bertz CT molecular complexity index is 948. The van der Waals surface area contributed by atoms with Crippen LogP contribution >= 0.6 is 15.9 Å². The summed E-state index contributed by atoms with van der Waals surface area (Å²) in [6.45, 7) is 2.34. The minimum Gasteiger partial charge on any atom is -0.323 e. The molecule has 0 spiro atoms.